The number of hydrogen-bond acceptors (Lipinski definition) is 3. The Balaban J connectivity index is 1.69. The minimum absolute atomic E-state index is 0.0446. The van der Waals surface area contributed by atoms with Crippen LogP contribution in [-0.4, -0.2) is 31.2 Å². The fraction of sp³-hybridized carbons (Fsp3) is 0.240. The standard InChI is InChI=1S/C25H28N2OS/c1-27(2)17-19-8-12-21(13-9-19)24-7-5-4-6-23(24)16-26-25(28)22-14-10-20(11-15-22)18-29-3/h4-15H,16-18H2,1-3H3,(H,26,28). The molecule has 3 aromatic rings. The third-order valence-corrected chi connectivity index (χ3v) is 5.37. The largest absolute Gasteiger partial charge is 0.348 e. The maximum Gasteiger partial charge on any atom is 0.251 e. The highest BCUT2D eigenvalue weighted by atomic mass is 32.2. The molecule has 0 saturated carbocycles. The SMILES string of the molecule is CSCc1ccc(C(=O)NCc2ccccc2-c2ccc(CN(C)C)cc2)cc1. The molecule has 0 radical (unpaired) electrons. The Kier molecular flexibility index (Phi) is 7.50. The molecule has 0 aliphatic carbocycles. The van der Waals surface area contributed by atoms with Gasteiger partial charge >= 0.3 is 0 Å². The number of thioether (sulfide) groups is 1. The Morgan fingerprint density at radius 2 is 1.55 bits per heavy atom. The smallest absolute Gasteiger partial charge is 0.251 e. The third-order valence-electron chi connectivity index (χ3n) is 4.75. The monoisotopic (exact) mass is 404 g/mol. The predicted molar refractivity (Wildman–Crippen MR) is 124 cm³/mol. The zero-order valence-electron chi connectivity index (χ0n) is 17.3. The molecule has 1 amide bonds. The van der Waals surface area contributed by atoms with Crippen LogP contribution < -0.4 is 5.32 Å². The average molecular weight is 405 g/mol. The molecule has 0 fully saturated rings. The molecule has 0 saturated heterocycles. The summed E-state index contributed by atoms with van der Waals surface area (Å²) in [6.45, 7) is 1.43. The first-order chi connectivity index (χ1) is 14.1. The lowest BCUT2D eigenvalue weighted by Gasteiger charge is -2.13. The van der Waals surface area contributed by atoms with Crippen molar-refractivity contribution in [2.45, 2.75) is 18.8 Å². The normalized spacial score (nSPS) is 10.9. The summed E-state index contributed by atoms with van der Waals surface area (Å²) in [6.07, 6.45) is 2.08. The molecule has 1 N–H and O–H groups in total. The van der Waals surface area contributed by atoms with E-state index in [1.807, 2.05) is 36.4 Å². The molecule has 0 aliphatic rings. The second-order valence-corrected chi connectivity index (χ2v) is 8.27. The van der Waals surface area contributed by atoms with Crippen LogP contribution in [0.25, 0.3) is 11.1 Å². The van der Waals surface area contributed by atoms with Gasteiger partial charge in [-0.3, -0.25) is 4.79 Å². The molecule has 0 heterocycles. The van der Waals surface area contributed by atoms with Crippen LogP contribution in [0.3, 0.4) is 0 Å². The summed E-state index contributed by atoms with van der Waals surface area (Å²) in [5, 5.41) is 3.06. The van der Waals surface area contributed by atoms with Crippen molar-refractivity contribution in [3.8, 4) is 11.1 Å². The minimum Gasteiger partial charge on any atom is -0.348 e. The van der Waals surface area contributed by atoms with Gasteiger partial charge in [0.15, 0.2) is 0 Å². The van der Waals surface area contributed by atoms with Crippen molar-refractivity contribution >= 4 is 17.7 Å². The summed E-state index contributed by atoms with van der Waals surface area (Å²) in [6, 6.07) is 24.7. The highest BCUT2D eigenvalue weighted by Gasteiger charge is 2.09. The van der Waals surface area contributed by atoms with Gasteiger partial charge in [-0.25, -0.2) is 0 Å². The Hall–Kier alpha value is -2.56. The zero-order chi connectivity index (χ0) is 20.6. The van der Waals surface area contributed by atoms with Crippen LogP contribution in [0.5, 0.6) is 0 Å². The summed E-state index contributed by atoms with van der Waals surface area (Å²) in [5.41, 5.74) is 6.64. The first kappa shape index (κ1) is 21.2. The number of carbonyl (C=O) groups is 1. The molecule has 0 unspecified atom stereocenters. The molecule has 4 heteroatoms. The van der Waals surface area contributed by atoms with E-state index in [-0.39, 0.29) is 5.91 Å². The van der Waals surface area contributed by atoms with Crippen molar-refractivity contribution in [3.05, 3.63) is 95.1 Å². The molecule has 3 aromatic carbocycles. The summed E-state index contributed by atoms with van der Waals surface area (Å²) >= 11 is 1.78. The Morgan fingerprint density at radius 3 is 2.21 bits per heavy atom. The van der Waals surface area contributed by atoms with Gasteiger partial charge in [0.1, 0.15) is 0 Å². The number of carbonyl (C=O) groups excluding carboxylic acids is 1. The number of benzene rings is 3. The third kappa shape index (κ3) is 5.96. The van der Waals surface area contributed by atoms with E-state index in [2.05, 4.69) is 67.0 Å². The minimum atomic E-state index is -0.0446. The quantitative estimate of drug-likeness (QED) is 0.559. The summed E-state index contributed by atoms with van der Waals surface area (Å²) in [5.74, 6) is 0.916. The van der Waals surface area contributed by atoms with Crippen molar-refractivity contribution in [1.82, 2.24) is 10.2 Å². The molecule has 0 atom stereocenters. The second kappa shape index (κ2) is 10.3. The van der Waals surface area contributed by atoms with E-state index >= 15 is 0 Å². The molecular weight excluding hydrogens is 376 g/mol. The molecule has 0 spiro atoms. The van der Waals surface area contributed by atoms with E-state index in [4.69, 9.17) is 0 Å². The molecule has 0 aromatic heterocycles. The van der Waals surface area contributed by atoms with Gasteiger partial charge in [-0.1, -0.05) is 60.7 Å². The Morgan fingerprint density at radius 1 is 0.897 bits per heavy atom. The van der Waals surface area contributed by atoms with Crippen molar-refractivity contribution in [1.29, 1.82) is 0 Å². The number of rotatable bonds is 8. The number of nitrogens with one attached hydrogen (secondary N) is 1. The summed E-state index contributed by atoms with van der Waals surface area (Å²) in [4.78, 5) is 14.7. The number of amides is 1. The van der Waals surface area contributed by atoms with Crippen LogP contribution in [0.1, 0.15) is 27.0 Å². The fourth-order valence-corrected chi connectivity index (χ4v) is 3.83. The molecule has 150 valence electrons. The van der Waals surface area contributed by atoms with Crippen LogP contribution in [-0.2, 0) is 18.8 Å². The van der Waals surface area contributed by atoms with Gasteiger partial charge < -0.3 is 10.2 Å². The average Bonchev–Trinajstić information content (AvgIpc) is 2.73. The van der Waals surface area contributed by atoms with Crippen molar-refractivity contribution in [2.75, 3.05) is 20.4 Å². The fourth-order valence-electron chi connectivity index (χ4n) is 3.31. The molecular formula is C25H28N2OS. The summed E-state index contributed by atoms with van der Waals surface area (Å²) < 4.78 is 0. The Bertz CT molecular complexity index is 934. The lowest BCUT2D eigenvalue weighted by Crippen LogP contribution is -2.23. The maximum atomic E-state index is 12.6. The molecule has 0 aliphatic heterocycles. The number of nitrogens with zero attached hydrogens (tertiary/aromatic N) is 1. The van der Waals surface area contributed by atoms with E-state index < -0.39 is 0 Å². The molecule has 29 heavy (non-hydrogen) atoms. The highest BCUT2D eigenvalue weighted by molar-refractivity contribution is 7.97. The molecule has 3 nitrogen and oxygen atoms in total. The van der Waals surface area contributed by atoms with Gasteiger partial charge in [-0.2, -0.15) is 11.8 Å². The van der Waals surface area contributed by atoms with Crippen LogP contribution in [0, 0.1) is 0 Å². The van der Waals surface area contributed by atoms with Crippen LogP contribution in [0.4, 0.5) is 0 Å². The summed E-state index contributed by atoms with van der Waals surface area (Å²) in [7, 11) is 4.14. The maximum absolute atomic E-state index is 12.6. The van der Waals surface area contributed by atoms with Gasteiger partial charge in [0.25, 0.3) is 5.91 Å². The van der Waals surface area contributed by atoms with E-state index in [1.165, 1.54) is 16.7 Å². The van der Waals surface area contributed by atoms with E-state index in [1.54, 1.807) is 11.8 Å². The predicted octanol–water partition coefficient (Wildman–Crippen LogP) is 5.21. The zero-order valence-corrected chi connectivity index (χ0v) is 18.1. The number of hydrogen-bond donors (Lipinski definition) is 1. The van der Waals surface area contributed by atoms with Crippen molar-refractivity contribution in [2.24, 2.45) is 0 Å². The topological polar surface area (TPSA) is 32.3 Å². The van der Waals surface area contributed by atoms with E-state index in [0.29, 0.717) is 12.1 Å². The van der Waals surface area contributed by atoms with Crippen LogP contribution in [0.15, 0.2) is 72.8 Å². The van der Waals surface area contributed by atoms with Gasteiger partial charge in [0.05, 0.1) is 0 Å². The highest BCUT2D eigenvalue weighted by Crippen LogP contribution is 2.24. The first-order valence-corrected chi connectivity index (χ1v) is 11.1. The van der Waals surface area contributed by atoms with E-state index in [9.17, 15) is 4.79 Å². The van der Waals surface area contributed by atoms with Crippen LogP contribution >= 0.6 is 11.8 Å². The lowest BCUT2D eigenvalue weighted by atomic mass is 9.98. The second-order valence-electron chi connectivity index (χ2n) is 7.40. The van der Waals surface area contributed by atoms with Crippen molar-refractivity contribution < 1.29 is 4.79 Å². The van der Waals surface area contributed by atoms with Crippen molar-refractivity contribution in [3.63, 3.8) is 0 Å². The molecule has 0 bridgehead atoms. The molecule has 3 rings (SSSR count). The van der Waals surface area contributed by atoms with Gasteiger partial charge in [0.2, 0.25) is 0 Å². The first-order valence-electron chi connectivity index (χ1n) is 9.75. The lowest BCUT2D eigenvalue weighted by molar-refractivity contribution is 0.0951. The van der Waals surface area contributed by atoms with Gasteiger partial charge in [-0.05, 0) is 60.3 Å². The van der Waals surface area contributed by atoms with Gasteiger partial charge in [-0.15, -0.1) is 0 Å². The van der Waals surface area contributed by atoms with Gasteiger partial charge in [0, 0.05) is 24.4 Å². The Labute approximate surface area is 178 Å². The van der Waals surface area contributed by atoms with E-state index in [0.717, 1.165) is 23.4 Å². The van der Waals surface area contributed by atoms with Crippen LogP contribution in [0.2, 0.25) is 0 Å².